The van der Waals surface area contributed by atoms with Crippen LogP contribution in [0.15, 0.2) is 18.3 Å². The van der Waals surface area contributed by atoms with Gasteiger partial charge in [-0.1, -0.05) is 19.3 Å². The molecule has 1 atom stereocenters. The number of nitrogens with two attached hydrogens (primary N) is 1. The predicted molar refractivity (Wildman–Crippen MR) is 73.2 cm³/mol. The smallest absolute Gasteiger partial charge is 0.202 e. The van der Waals surface area contributed by atoms with E-state index in [0.29, 0.717) is 17.9 Å². The van der Waals surface area contributed by atoms with Crippen LogP contribution in [0.5, 0.6) is 0 Å². The van der Waals surface area contributed by atoms with Crippen molar-refractivity contribution < 1.29 is 0 Å². The molecule has 0 amide bonds. The normalized spacial score (nSPS) is 19.2. The van der Waals surface area contributed by atoms with Gasteiger partial charge in [0.1, 0.15) is 5.52 Å². The van der Waals surface area contributed by atoms with Crippen LogP contribution in [0.25, 0.3) is 11.2 Å². The molecule has 0 spiro atoms. The minimum Gasteiger partial charge on any atom is -0.369 e. The Kier molecular flexibility index (Phi) is 2.94. The molecule has 0 saturated heterocycles. The molecule has 1 aliphatic rings. The summed E-state index contributed by atoms with van der Waals surface area (Å²) in [5, 5.41) is 0. The Morgan fingerprint density at radius 2 is 2.11 bits per heavy atom. The van der Waals surface area contributed by atoms with Crippen LogP contribution >= 0.6 is 0 Å². The summed E-state index contributed by atoms with van der Waals surface area (Å²) in [6.07, 6.45) is 8.47. The maximum Gasteiger partial charge on any atom is 0.202 e. The quantitative estimate of drug-likeness (QED) is 0.882. The standard InChI is InChI=1S/C14H20N4/c1-10(11-6-3-2-4-7-11)18-13-12(17-14(18)15)8-5-9-16-13/h5,8-11H,2-4,6-7H2,1H3,(H2,15,17). The van der Waals surface area contributed by atoms with Crippen LogP contribution in [0.4, 0.5) is 5.95 Å². The summed E-state index contributed by atoms with van der Waals surface area (Å²) in [5.41, 5.74) is 7.90. The van der Waals surface area contributed by atoms with Crippen LogP contribution in [-0.2, 0) is 0 Å². The van der Waals surface area contributed by atoms with Crippen LogP contribution < -0.4 is 5.73 Å². The van der Waals surface area contributed by atoms with E-state index < -0.39 is 0 Å². The maximum atomic E-state index is 6.07. The third-order valence-corrected chi connectivity index (χ3v) is 4.22. The number of fused-ring (bicyclic) bond motifs is 1. The number of pyridine rings is 1. The summed E-state index contributed by atoms with van der Waals surface area (Å²) in [6.45, 7) is 2.25. The van der Waals surface area contributed by atoms with Gasteiger partial charge < -0.3 is 5.73 Å². The number of imidazole rings is 1. The van der Waals surface area contributed by atoms with Gasteiger partial charge in [0.2, 0.25) is 5.95 Å². The Balaban J connectivity index is 1.99. The maximum absolute atomic E-state index is 6.07. The zero-order valence-corrected chi connectivity index (χ0v) is 10.8. The highest BCUT2D eigenvalue weighted by Crippen LogP contribution is 2.35. The molecule has 1 saturated carbocycles. The van der Waals surface area contributed by atoms with E-state index in [4.69, 9.17) is 5.73 Å². The molecule has 0 bridgehead atoms. The molecule has 1 unspecified atom stereocenters. The second kappa shape index (κ2) is 4.59. The average Bonchev–Trinajstić information content (AvgIpc) is 2.75. The van der Waals surface area contributed by atoms with E-state index in [1.165, 1.54) is 32.1 Å². The van der Waals surface area contributed by atoms with Gasteiger partial charge in [0.05, 0.1) is 0 Å². The summed E-state index contributed by atoms with van der Waals surface area (Å²) < 4.78 is 2.12. The van der Waals surface area contributed by atoms with Crippen LogP contribution in [0, 0.1) is 5.92 Å². The Bertz CT molecular complexity index is 540. The fourth-order valence-corrected chi connectivity index (χ4v) is 3.18. The van der Waals surface area contributed by atoms with Gasteiger partial charge in [-0.3, -0.25) is 4.57 Å². The molecule has 2 heterocycles. The van der Waals surface area contributed by atoms with Crippen molar-refractivity contribution in [2.24, 2.45) is 5.92 Å². The molecule has 4 heteroatoms. The number of nitrogens with zero attached hydrogens (tertiary/aromatic N) is 3. The van der Waals surface area contributed by atoms with Crippen LogP contribution in [0.3, 0.4) is 0 Å². The Labute approximate surface area is 107 Å². The van der Waals surface area contributed by atoms with Crippen molar-refractivity contribution in [2.75, 3.05) is 5.73 Å². The van der Waals surface area contributed by atoms with Gasteiger partial charge in [-0.15, -0.1) is 0 Å². The van der Waals surface area contributed by atoms with Crippen LogP contribution in [0.1, 0.15) is 45.1 Å². The van der Waals surface area contributed by atoms with Crippen molar-refractivity contribution >= 4 is 17.1 Å². The third-order valence-electron chi connectivity index (χ3n) is 4.22. The highest BCUT2D eigenvalue weighted by molar-refractivity contribution is 5.73. The van der Waals surface area contributed by atoms with E-state index in [9.17, 15) is 0 Å². The Hall–Kier alpha value is -1.58. The molecule has 2 N–H and O–H groups in total. The lowest BCUT2D eigenvalue weighted by molar-refractivity contribution is 0.269. The summed E-state index contributed by atoms with van der Waals surface area (Å²) in [5.74, 6) is 1.31. The molecule has 3 rings (SSSR count). The molecule has 1 aliphatic carbocycles. The topological polar surface area (TPSA) is 56.7 Å². The molecule has 2 aromatic heterocycles. The van der Waals surface area contributed by atoms with Crippen molar-refractivity contribution in [3.8, 4) is 0 Å². The molecule has 96 valence electrons. The lowest BCUT2D eigenvalue weighted by Crippen LogP contribution is -2.20. The predicted octanol–water partition coefficient (Wildman–Crippen LogP) is 3.15. The number of anilines is 1. The van der Waals surface area contributed by atoms with Crippen molar-refractivity contribution in [3.63, 3.8) is 0 Å². The number of aromatic nitrogens is 3. The number of rotatable bonds is 2. The van der Waals surface area contributed by atoms with E-state index in [-0.39, 0.29) is 0 Å². The molecule has 0 aliphatic heterocycles. The van der Waals surface area contributed by atoms with Crippen molar-refractivity contribution in [3.05, 3.63) is 18.3 Å². The third kappa shape index (κ3) is 1.85. The van der Waals surface area contributed by atoms with E-state index in [1.807, 2.05) is 18.3 Å². The second-order valence-corrected chi connectivity index (χ2v) is 5.32. The van der Waals surface area contributed by atoms with Crippen LogP contribution in [-0.4, -0.2) is 14.5 Å². The van der Waals surface area contributed by atoms with Gasteiger partial charge in [-0.05, 0) is 37.8 Å². The lowest BCUT2D eigenvalue weighted by Gasteiger charge is -2.29. The first-order valence-corrected chi connectivity index (χ1v) is 6.86. The largest absolute Gasteiger partial charge is 0.369 e. The number of nitrogen functional groups attached to an aromatic ring is 1. The molecule has 18 heavy (non-hydrogen) atoms. The average molecular weight is 244 g/mol. The summed E-state index contributed by atoms with van der Waals surface area (Å²) in [6, 6.07) is 4.28. The van der Waals surface area contributed by atoms with Gasteiger partial charge in [0.15, 0.2) is 5.65 Å². The fraction of sp³-hybridized carbons (Fsp3) is 0.571. The molecule has 0 radical (unpaired) electrons. The van der Waals surface area contributed by atoms with Crippen molar-refractivity contribution in [1.29, 1.82) is 0 Å². The fourth-order valence-electron chi connectivity index (χ4n) is 3.18. The molecule has 2 aromatic rings. The first-order chi connectivity index (χ1) is 8.77. The van der Waals surface area contributed by atoms with Gasteiger partial charge >= 0.3 is 0 Å². The lowest BCUT2D eigenvalue weighted by atomic mass is 9.84. The SMILES string of the molecule is CC(C1CCCCC1)n1c(N)nc2cccnc21. The van der Waals surface area contributed by atoms with Gasteiger partial charge in [0.25, 0.3) is 0 Å². The summed E-state index contributed by atoms with van der Waals surface area (Å²) in [7, 11) is 0. The zero-order chi connectivity index (χ0) is 12.5. The van der Waals surface area contributed by atoms with E-state index in [1.54, 1.807) is 0 Å². The van der Waals surface area contributed by atoms with Crippen molar-refractivity contribution in [2.45, 2.75) is 45.1 Å². The minimum absolute atomic E-state index is 0.394. The van der Waals surface area contributed by atoms with Crippen LogP contribution in [0.2, 0.25) is 0 Å². The molecular weight excluding hydrogens is 224 g/mol. The molecule has 0 aromatic carbocycles. The number of hydrogen-bond acceptors (Lipinski definition) is 3. The highest BCUT2D eigenvalue weighted by atomic mass is 15.2. The molecule has 4 nitrogen and oxygen atoms in total. The van der Waals surface area contributed by atoms with E-state index in [0.717, 1.165) is 11.2 Å². The van der Waals surface area contributed by atoms with Gasteiger partial charge in [-0.2, -0.15) is 0 Å². The first-order valence-electron chi connectivity index (χ1n) is 6.86. The van der Waals surface area contributed by atoms with Gasteiger partial charge in [0, 0.05) is 12.2 Å². The summed E-state index contributed by atoms with van der Waals surface area (Å²) >= 11 is 0. The van der Waals surface area contributed by atoms with Crippen molar-refractivity contribution in [1.82, 2.24) is 14.5 Å². The molecular formula is C14H20N4. The monoisotopic (exact) mass is 244 g/mol. The van der Waals surface area contributed by atoms with E-state index >= 15 is 0 Å². The first kappa shape index (κ1) is 11.5. The Morgan fingerprint density at radius 3 is 2.89 bits per heavy atom. The summed E-state index contributed by atoms with van der Waals surface area (Å²) in [4.78, 5) is 8.85. The Morgan fingerprint density at radius 1 is 1.33 bits per heavy atom. The van der Waals surface area contributed by atoms with Gasteiger partial charge in [-0.25, -0.2) is 9.97 Å². The highest BCUT2D eigenvalue weighted by Gasteiger charge is 2.24. The second-order valence-electron chi connectivity index (χ2n) is 5.32. The number of hydrogen-bond donors (Lipinski definition) is 1. The molecule has 1 fully saturated rings. The van der Waals surface area contributed by atoms with E-state index in [2.05, 4.69) is 21.5 Å². The minimum atomic E-state index is 0.394. The zero-order valence-electron chi connectivity index (χ0n) is 10.8.